The molecule has 0 saturated carbocycles. The molecule has 0 amide bonds. The highest BCUT2D eigenvalue weighted by molar-refractivity contribution is 6.42. The Balaban J connectivity index is 3.15. The molecular formula is C8H6Cl2O3. The van der Waals surface area contributed by atoms with Crippen LogP contribution in [0.1, 0.15) is 11.7 Å². The summed E-state index contributed by atoms with van der Waals surface area (Å²) in [4.78, 5) is 10.4. The fourth-order valence-corrected chi connectivity index (χ4v) is 1.28. The molecule has 0 spiro atoms. The molecule has 1 rings (SSSR count). The molecule has 5 heteroatoms. The van der Waals surface area contributed by atoms with Gasteiger partial charge in [0.15, 0.2) is 6.10 Å². The van der Waals surface area contributed by atoms with Crippen molar-refractivity contribution in [1.82, 2.24) is 0 Å². The molecule has 1 aromatic carbocycles. The fraction of sp³-hybridized carbons (Fsp3) is 0.125. The summed E-state index contributed by atoms with van der Waals surface area (Å²) < 4.78 is 0. The number of hydrogen-bond donors (Lipinski definition) is 2. The Hall–Kier alpha value is -0.770. The van der Waals surface area contributed by atoms with E-state index in [-0.39, 0.29) is 15.6 Å². The molecule has 70 valence electrons. The van der Waals surface area contributed by atoms with Crippen LogP contribution in [-0.4, -0.2) is 16.2 Å². The molecule has 0 saturated heterocycles. The number of aliphatic carboxylic acids is 1. The molecule has 0 bridgehead atoms. The predicted molar refractivity (Wildman–Crippen MR) is 49.1 cm³/mol. The highest BCUT2D eigenvalue weighted by Gasteiger charge is 2.19. The van der Waals surface area contributed by atoms with Crippen LogP contribution in [0.2, 0.25) is 10.0 Å². The number of rotatable bonds is 2. The Morgan fingerprint density at radius 2 is 2.00 bits per heavy atom. The highest BCUT2D eigenvalue weighted by atomic mass is 35.5. The minimum Gasteiger partial charge on any atom is -0.479 e. The first-order valence-electron chi connectivity index (χ1n) is 3.39. The van der Waals surface area contributed by atoms with Crippen molar-refractivity contribution in [2.45, 2.75) is 6.10 Å². The van der Waals surface area contributed by atoms with Gasteiger partial charge in [-0.3, -0.25) is 0 Å². The average Bonchev–Trinajstić information content (AvgIpc) is 2.08. The second-order valence-electron chi connectivity index (χ2n) is 2.38. The van der Waals surface area contributed by atoms with Crippen LogP contribution >= 0.6 is 23.2 Å². The Bertz CT molecular complexity index is 338. The normalized spacial score (nSPS) is 12.5. The molecule has 1 aromatic rings. The lowest BCUT2D eigenvalue weighted by molar-refractivity contribution is -0.146. The van der Waals surface area contributed by atoms with E-state index in [9.17, 15) is 4.79 Å². The monoisotopic (exact) mass is 220 g/mol. The van der Waals surface area contributed by atoms with Crippen molar-refractivity contribution in [1.29, 1.82) is 0 Å². The smallest absolute Gasteiger partial charge is 0.337 e. The van der Waals surface area contributed by atoms with Crippen molar-refractivity contribution in [3.63, 3.8) is 0 Å². The number of hydrogen-bond acceptors (Lipinski definition) is 2. The van der Waals surface area contributed by atoms with Gasteiger partial charge in [0.2, 0.25) is 0 Å². The summed E-state index contributed by atoms with van der Waals surface area (Å²) in [7, 11) is 0. The Labute approximate surface area is 84.5 Å². The molecule has 13 heavy (non-hydrogen) atoms. The zero-order valence-electron chi connectivity index (χ0n) is 6.37. The minimum absolute atomic E-state index is 0.0686. The van der Waals surface area contributed by atoms with Crippen LogP contribution in [-0.2, 0) is 4.79 Å². The van der Waals surface area contributed by atoms with Gasteiger partial charge in [-0.05, 0) is 6.07 Å². The standard InChI is InChI=1S/C8H6Cl2O3/c9-5-3-1-2-4(6(5)10)7(11)8(12)13/h1-3,7,11H,(H,12,13)/t7-/m0/s1. The van der Waals surface area contributed by atoms with E-state index in [4.69, 9.17) is 33.4 Å². The number of halogens is 2. The topological polar surface area (TPSA) is 57.5 Å². The van der Waals surface area contributed by atoms with E-state index in [0.29, 0.717) is 0 Å². The van der Waals surface area contributed by atoms with Gasteiger partial charge in [-0.15, -0.1) is 0 Å². The first kappa shape index (κ1) is 10.3. The van der Waals surface area contributed by atoms with Gasteiger partial charge in [0.25, 0.3) is 0 Å². The molecule has 0 aliphatic rings. The first-order valence-corrected chi connectivity index (χ1v) is 4.14. The Morgan fingerprint density at radius 3 is 2.54 bits per heavy atom. The quantitative estimate of drug-likeness (QED) is 0.803. The number of aliphatic hydroxyl groups is 1. The molecule has 1 atom stereocenters. The predicted octanol–water partition coefficient (Wildman–Crippen LogP) is 2.11. The molecule has 3 nitrogen and oxygen atoms in total. The SMILES string of the molecule is O=C(O)[C@@H](O)c1cccc(Cl)c1Cl. The summed E-state index contributed by atoms with van der Waals surface area (Å²) in [6, 6.07) is 4.45. The maximum absolute atomic E-state index is 10.4. The molecule has 0 heterocycles. The molecular weight excluding hydrogens is 215 g/mol. The van der Waals surface area contributed by atoms with Gasteiger partial charge in [0, 0.05) is 5.56 Å². The van der Waals surface area contributed by atoms with Crippen LogP contribution in [0.4, 0.5) is 0 Å². The van der Waals surface area contributed by atoms with Gasteiger partial charge >= 0.3 is 5.97 Å². The Kier molecular flexibility index (Phi) is 3.14. The van der Waals surface area contributed by atoms with Crippen LogP contribution in [0, 0.1) is 0 Å². The van der Waals surface area contributed by atoms with E-state index in [1.54, 1.807) is 0 Å². The Morgan fingerprint density at radius 1 is 1.38 bits per heavy atom. The third-order valence-corrected chi connectivity index (χ3v) is 2.34. The van der Waals surface area contributed by atoms with Crippen LogP contribution < -0.4 is 0 Å². The van der Waals surface area contributed by atoms with Crippen LogP contribution in [0.15, 0.2) is 18.2 Å². The van der Waals surface area contributed by atoms with Crippen molar-refractivity contribution in [2.24, 2.45) is 0 Å². The molecule has 2 N–H and O–H groups in total. The zero-order chi connectivity index (χ0) is 10.0. The van der Waals surface area contributed by atoms with E-state index < -0.39 is 12.1 Å². The molecule has 0 radical (unpaired) electrons. The van der Waals surface area contributed by atoms with Gasteiger partial charge in [-0.1, -0.05) is 35.3 Å². The fourth-order valence-electron chi connectivity index (χ4n) is 0.865. The van der Waals surface area contributed by atoms with E-state index >= 15 is 0 Å². The van der Waals surface area contributed by atoms with Crippen molar-refractivity contribution in [2.75, 3.05) is 0 Å². The summed E-state index contributed by atoms with van der Waals surface area (Å²) >= 11 is 11.3. The lowest BCUT2D eigenvalue weighted by atomic mass is 10.1. The molecule has 0 aliphatic carbocycles. The van der Waals surface area contributed by atoms with Gasteiger partial charge in [0.1, 0.15) is 0 Å². The minimum atomic E-state index is -1.63. The van der Waals surface area contributed by atoms with Gasteiger partial charge in [-0.2, -0.15) is 0 Å². The highest BCUT2D eigenvalue weighted by Crippen LogP contribution is 2.29. The van der Waals surface area contributed by atoms with Crippen molar-refractivity contribution < 1.29 is 15.0 Å². The zero-order valence-corrected chi connectivity index (χ0v) is 7.88. The van der Waals surface area contributed by atoms with E-state index in [1.807, 2.05) is 0 Å². The second-order valence-corrected chi connectivity index (χ2v) is 3.17. The lowest BCUT2D eigenvalue weighted by Crippen LogP contribution is -2.10. The van der Waals surface area contributed by atoms with Gasteiger partial charge in [-0.25, -0.2) is 4.79 Å². The summed E-state index contributed by atoms with van der Waals surface area (Å²) in [5, 5.41) is 17.9. The molecule has 0 aliphatic heterocycles. The lowest BCUT2D eigenvalue weighted by Gasteiger charge is -2.08. The summed E-state index contributed by atoms with van der Waals surface area (Å²) in [5.41, 5.74) is 0.0988. The van der Waals surface area contributed by atoms with Crippen molar-refractivity contribution in [3.05, 3.63) is 33.8 Å². The summed E-state index contributed by atoms with van der Waals surface area (Å²) in [6.07, 6.45) is -1.63. The first-order chi connectivity index (χ1) is 6.04. The van der Waals surface area contributed by atoms with E-state index in [0.717, 1.165) is 0 Å². The maximum Gasteiger partial charge on any atom is 0.337 e. The average molecular weight is 221 g/mol. The third kappa shape index (κ3) is 2.12. The van der Waals surface area contributed by atoms with E-state index in [1.165, 1.54) is 18.2 Å². The summed E-state index contributed by atoms with van der Waals surface area (Å²) in [6.45, 7) is 0. The van der Waals surface area contributed by atoms with Crippen LogP contribution in [0.25, 0.3) is 0 Å². The largest absolute Gasteiger partial charge is 0.479 e. The van der Waals surface area contributed by atoms with Crippen LogP contribution in [0.3, 0.4) is 0 Å². The molecule has 0 aromatic heterocycles. The maximum atomic E-state index is 10.4. The van der Waals surface area contributed by atoms with Gasteiger partial charge in [0.05, 0.1) is 10.0 Å². The van der Waals surface area contributed by atoms with Crippen LogP contribution in [0.5, 0.6) is 0 Å². The molecule has 0 unspecified atom stereocenters. The third-order valence-electron chi connectivity index (χ3n) is 1.51. The second kappa shape index (κ2) is 3.96. The number of benzene rings is 1. The van der Waals surface area contributed by atoms with E-state index in [2.05, 4.69) is 0 Å². The number of carboxylic acids is 1. The number of carboxylic acid groups (broad SMARTS) is 1. The summed E-state index contributed by atoms with van der Waals surface area (Å²) in [5.74, 6) is -1.36. The van der Waals surface area contributed by atoms with Crippen molar-refractivity contribution >= 4 is 29.2 Å². The number of aliphatic hydroxyl groups excluding tert-OH is 1. The molecule has 0 fully saturated rings. The van der Waals surface area contributed by atoms with Gasteiger partial charge < -0.3 is 10.2 Å². The number of carbonyl (C=O) groups is 1. The van der Waals surface area contributed by atoms with Crippen molar-refractivity contribution in [3.8, 4) is 0 Å².